The molecule has 7 nitrogen and oxygen atoms in total. The fourth-order valence-corrected chi connectivity index (χ4v) is 1.77. The minimum absolute atomic E-state index is 0.161. The van der Waals surface area contributed by atoms with Gasteiger partial charge in [0.25, 0.3) is 0 Å². The van der Waals surface area contributed by atoms with Crippen LogP contribution in [0.3, 0.4) is 0 Å². The minimum atomic E-state index is -0.437. The third-order valence-electron chi connectivity index (χ3n) is 2.37. The Morgan fingerprint density at radius 2 is 1.90 bits per heavy atom. The molecule has 2 rings (SSSR count). The van der Waals surface area contributed by atoms with E-state index in [1.165, 1.54) is 6.33 Å². The Kier molecular flexibility index (Phi) is 4.21. The maximum absolute atomic E-state index is 11.8. The second-order valence-corrected chi connectivity index (χ2v) is 6.24. The Labute approximate surface area is 129 Å². The standard InChI is InChI=1S/C12H14IN5O2/c1-12(2,3)7-4-10(18-20-7)17-11(19)16-9-5-8(13)14-6-15-9/h4-6H,1-3H3,(H2,14,15,16,17,18,19). The van der Waals surface area contributed by atoms with Crippen LogP contribution in [0.1, 0.15) is 26.5 Å². The second kappa shape index (κ2) is 5.73. The van der Waals surface area contributed by atoms with E-state index >= 15 is 0 Å². The van der Waals surface area contributed by atoms with Crippen molar-refractivity contribution in [1.82, 2.24) is 15.1 Å². The van der Waals surface area contributed by atoms with Gasteiger partial charge >= 0.3 is 6.03 Å². The monoisotopic (exact) mass is 387 g/mol. The molecule has 0 radical (unpaired) electrons. The fraction of sp³-hybridized carbons (Fsp3) is 0.333. The van der Waals surface area contributed by atoms with Gasteiger partial charge in [-0.2, -0.15) is 0 Å². The molecule has 106 valence electrons. The normalized spacial score (nSPS) is 11.2. The molecule has 0 fully saturated rings. The van der Waals surface area contributed by atoms with E-state index in [0.717, 1.165) is 3.70 Å². The number of carbonyl (C=O) groups excluding carboxylic acids is 1. The molecule has 0 saturated carbocycles. The number of amides is 2. The first-order valence-corrected chi connectivity index (χ1v) is 6.95. The lowest BCUT2D eigenvalue weighted by molar-refractivity contribution is 0.261. The molecule has 2 aromatic heterocycles. The number of hydrogen-bond donors (Lipinski definition) is 2. The zero-order valence-corrected chi connectivity index (χ0v) is 13.4. The van der Waals surface area contributed by atoms with Gasteiger partial charge in [-0.1, -0.05) is 25.9 Å². The number of nitrogens with one attached hydrogen (secondary N) is 2. The van der Waals surface area contributed by atoms with Crippen LogP contribution in [0, 0.1) is 3.70 Å². The largest absolute Gasteiger partial charge is 0.359 e. The van der Waals surface area contributed by atoms with E-state index in [4.69, 9.17) is 4.52 Å². The summed E-state index contributed by atoms with van der Waals surface area (Å²) in [5.41, 5.74) is -0.161. The fourth-order valence-electron chi connectivity index (χ4n) is 1.35. The van der Waals surface area contributed by atoms with Crippen molar-refractivity contribution in [2.75, 3.05) is 10.6 Å². The molecule has 2 amide bonds. The van der Waals surface area contributed by atoms with E-state index in [9.17, 15) is 4.79 Å². The molecular weight excluding hydrogens is 373 g/mol. The molecule has 2 N–H and O–H groups in total. The summed E-state index contributed by atoms with van der Waals surface area (Å²) in [4.78, 5) is 19.7. The van der Waals surface area contributed by atoms with Crippen molar-refractivity contribution in [3.63, 3.8) is 0 Å². The third-order valence-corrected chi connectivity index (χ3v) is 2.96. The SMILES string of the molecule is CC(C)(C)c1cc(NC(=O)Nc2cc(I)ncn2)no1. The zero-order chi connectivity index (χ0) is 14.8. The summed E-state index contributed by atoms with van der Waals surface area (Å²) in [5, 5.41) is 8.98. The van der Waals surface area contributed by atoms with Gasteiger partial charge in [0, 0.05) is 17.5 Å². The molecule has 0 spiro atoms. The van der Waals surface area contributed by atoms with E-state index in [1.807, 2.05) is 43.4 Å². The average molecular weight is 387 g/mol. The first-order valence-electron chi connectivity index (χ1n) is 5.87. The van der Waals surface area contributed by atoms with Gasteiger partial charge in [-0.15, -0.1) is 0 Å². The maximum atomic E-state index is 11.8. The molecular formula is C12H14IN5O2. The Morgan fingerprint density at radius 1 is 1.20 bits per heavy atom. The first-order chi connectivity index (χ1) is 9.34. The van der Waals surface area contributed by atoms with E-state index in [1.54, 1.807) is 12.1 Å². The number of urea groups is 1. The quantitative estimate of drug-likeness (QED) is 0.611. The van der Waals surface area contributed by atoms with Crippen LogP contribution in [0.15, 0.2) is 23.0 Å². The predicted octanol–water partition coefficient (Wildman–Crippen LogP) is 3.01. The lowest BCUT2D eigenvalue weighted by Crippen LogP contribution is -2.20. The van der Waals surface area contributed by atoms with Crippen molar-refractivity contribution >= 4 is 40.3 Å². The summed E-state index contributed by atoms with van der Waals surface area (Å²) in [7, 11) is 0. The lowest BCUT2D eigenvalue weighted by atomic mass is 9.93. The van der Waals surface area contributed by atoms with Gasteiger partial charge in [-0.05, 0) is 22.6 Å². The highest BCUT2D eigenvalue weighted by atomic mass is 127. The van der Waals surface area contributed by atoms with Gasteiger partial charge in [0.15, 0.2) is 5.82 Å². The summed E-state index contributed by atoms with van der Waals surface area (Å²) in [6, 6.07) is 2.92. The van der Waals surface area contributed by atoms with Gasteiger partial charge in [-0.25, -0.2) is 14.8 Å². The first kappa shape index (κ1) is 14.7. The summed E-state index contributed by atoms with van der Waals surface area (Å²) in [6.07, 6.45) is 1.38. The number of rotatable bonds is 2. The Hall–Kier alpha value is -1.71. The summed E-state index contributed by atoms with van der Waals surface area (Å²) in [5.74, 6) is 1.47. The van der Waals surface area contributed by atoms with E-state index < -0.39 is 6.03 Å². The predicted molar refractivity (Wildman–Crippen MR) is 82.6 cm³/mol. The number of nitrogens with zero attached hydrogens (tertiary/aromatic N) is 3. The van der Waals surface area contributed by atoms with E-state index in [-0.39, 0.29) is 5.41 Å². The van der Waals surface area contributed by atoms with E-state index in [2.05, 4.69) is 25.8 Å². The number of aromatic nitrogens is 3. The van der Waals surface area contributed by atoms with Crippen molar-refractivity contribution in [3.05, 3.63) is 27.9 Å². The Bertz CT molecular complexity index is 620. The van der Waals surface area contributed by atoms with Crippen LogP contribution < -0.4 is 10.6 Å². The molecule has 0 aromatic carbocycles. The number of hydrogen-bond acceptors (Lipinski definition) is 5. The van der Waals surface area contributed by atoms with Crippen molar-refractivity contribution in [1.29, 1.82) is 0 Å². The maximum Gasteiger partial charge on any atom is 0.326 e. The van der Waals surface area contributed by atoms with Crippen LogP contribution in [-0.4, -0.2) is 21.2 Å². The molecule has 0 bridgehead atoms. The molecule has 0 unspecified atom stereocenters. The number of carbonyl (C=O) groups is 1. The smallest absolute Gasteiger partial charge is 0.326 e. The van der Waals surface area contributed by atoms with Crippen molar-refractivity contribution < 1.29 is 9.32 Å². The molecule has 8 heteroatoms. The van der Waals surface area contributed by atoms with Crippen LogP contribution in [0.5, 0.6) is 0 Å². The molecule has 0 aliphatic carbocycles. The van der Waals surface area contributed by atoms with Gasteiger partial charge in [0.05, 0.1) is 0 Å². The van der Waals surface area contributed by atoms with Crippen molar-refractivity contribution in [2.45, 2.75) is 26.2 Å². The van der Waals surface area contributed by atoms with Crippen LogP contribution in [0.25, 0.3) is 0 Å². The molecule has 0 aliphatic rings. The molecule has 20 heavy (non-hydrogen) atoms. The Morgan fingerprint density at radius 3 is 2.50 bits per heavy atom. The van der Waals surface area contributed by atoms with Gasteiger partial charge in [-0.3, -0.25) is 10.6 Å². The second-order valence-electron chi connectivity index (χ2n) is 5.13. The third kappa shape index (κ3) is 3.89. The summed E-state index contributed by atoms with van der Waals surface area (Å²) < 4.78 is 5.92. The van der Waals surface area contributed by atoms with Gasteiger partial charge in [0.1, 0.15) is 21.6 Å². The van der Waals surface area contributed by atoms with E-state index in [0.29, 0.717) is 17.4 Å². The molecule has 0 aliphatic heterocycles. The zero-order valence-electron chi connectivity index (χ0n) is 11.3. The average Bonchev–Trinajstić information content (AvgIpc) is 2.76. The van der Waals surface area contributed by atoms with Crippen molar-refractivity contribution in [2.24, 2.45) is 0 Å². The number of halogens is 1. The topological polar surface area (TPSA) is 92.9 Å². The molecule has 0 saturated heterocycles. The van der Waals surface area contributed by atoms with Crippen LogP contribution in [0.2, 0.25) is 0 Å². The highest BCUT2D eigenvalue weighted by Gasteiger charge is 2.20. The molecule has 2 aromatic rings. The Balaban J connectivity index is 2.00. The molecule has 0 atom stereocenters. The van der Waals surface area contributed by atoms with Gasteiger partial charge in [0.2, 0.25) is 0 Å². The van der Waals surface area contributed by atoms with Crippen LogP contribution >= 0.6 is 22.6 Å². The lowest BCUT2D eigenvalue weighted by Gasteiger charge is -2.12. The van der Waals surface area contributed by atoms with Gasteiger partial charge < -0.3 is 4.52 Å². The number of anilines is 2. The molecule has 2 heterocycles. The minimum Gasteiger partial charge on any atom is -0.359 e. The highest BCUT2D eigenvalue weighted by Crippen LogP contribution is 2.24. The summed E-state index contributed by atoms with van der Waals surface area (Å²) >= 11 is 2.04. The summed E-state index contributed by atoms with van der Waals surface area (Å²) in [6.45, 7) is 6.00. The van der Waals surface area contributed by atoms with Crippen LogP contribution in [-0.2, 0) is 5.41 Å². The van der Waals surface area contributed by atoms with Crippen molar-refractivity contribution in [3.8, 4) is 0 Å². The van der Waals surface area contributed by atoms with Crippen LogP contribution in [0.4, 0.5) is 16.4 Å². The highest BCUT2D eigenvalue weighted by molar-refractivity contribution is 14.1.